The van der Waals surface area contributed by atoms with Crippen molar-refractivity contribution in [3.8, 4) is 10.4 Å². The summed E-state index contributed by atoms with van der Waals surface area (Å²) in [5, 5.41) is 2.87. The molecule has 5 rings (SSSR count). The molecule has 11 heteroatoms. The van der Waals surface area contributed by atoms with Gasteiger partial charge in [-0.15, -0.1) is 11.3 Å². The van der Waals surface area contributed by atoms with Gasteiger partial charge in [-0.05, 0) is 54.6 Å². The summed E-state index contributed by atoms with van der Waals surface area (Å²) in [4.78, 5) is 49.3. The number of thiophene rings is 1. The normalized spacial score (nSPS) is 10.9. The van der Waals surface area contributed by atoms with E-state index in [1.807, 2.05) is 30.3 Å². The molecular formula is C28H25N7O3S. The summed E-state index contributed by atoms with van der Waals surface area (Å²) in [7, 11) is 1.69. The van der Waals surface area contributed by atoms with Crippen molar-refractivity contribution in [1.82, 2.24) is 14.5 Å². The lowest BCUT2D eigenvalue weighted by atomic mass is 10.2. The number of nitrogen functional groups attached to an aromatic ring is 1. The maximum atomic E-state index is 13.2. The van der Waals surface area contributed by atoms with Gasteiger partial charge >= 0.3 is 0 Å². The van der Waals surface area contributed by atoms with Gasteiger partial charge in [0.25, 0.3) is 11.8 Å². The lowest BCUT2D eigenvalue weighted by molar-refractivity contribution is -0.118. The van der Waals surface area contributed by atoms with E-state index in [0.717, 1.165) is 10.4 Å². The number of carbonyl (C=O) groups excluding carboxylic acids is 3. The number of nitrogens with one attached hydrogen (secondary N) is 1. The zero-order valence-corrected chi connectivity index (χ0v) is 21.8. The number of anilines is 3. The van der Waals surface area contributed by atoms with Gasteiger partial charge in [0.2, 0.25) is 11.9 Å². The van der Waals surface area contributed by atoms with Crippen molar-refractivity contribution in [2.24, 2.45) is 5.73 Å². The highest BCUT2D eigenvalue weighted by molar-refractivity contribution is 7.17. The number of hydrogen-bond acceptors (Lipinski definition) is 7. The SMILES string of the molecule is CN(C(=O)c1ccccc1)c1ccc2c(c1)nc(NC(=O)c1ccc(-c3ccc(N)nc3)s1)n2CCC(N)=O. The number of pyridine rings is 1. The first-order chi connectivity index (χ1) is 18.8. The number of primary amides is 1. The van der Waals surface area contributed by atoms with Crippen LogP contribution in [0.5, 0.6) is 0 Å². The molecule has 0 aliphatic carbocycles. The van der Waals surface area contributed by atoms with Gasteiger partial charge in [0.1, 0.15) is 5.82 Å². The van der Waals surface area contributed by atoms with Gasteiger partial charge in [0, 0.05) is 47.9 Å². The average molecular weight is 540 g/mol. The van der Waals surface area contributed by atoms with Crippen LogP contribution in [0.25, 0.3) is 21.5 Å². The number of amides is 3. The molecule has 0 aliphatic heterocycles. The molecule has 0 spiro atoms. The molecule has 3 aromatic heterocycles. The van der Waals surface area contributed by atoms with E-state index in [9.17, 15) is 14.4 Å². The molecule has 10 nitrogen and oxygen atoms in total. The van der Waals surface area contributed by atoms with Crippen molar-refractivity contribution >= 4 is 57.5 Å². The Labute approximate surface area is 227 Å². The first kappa shape index (κ1) is 25.6. The molecule has 0 aliphatic rings. The zero-order chi connectivity index (χ0) is 27.5. The number of benzene rings is 2. The number of aromatic nitrogens is 3. The Balaban J connectivity index is 1.43. The van der Waals surface area contributed by atoms with E-state index in [2.05, 4.69) is 15.3 Å². The molecule has 0 radical (unpaired) electrons. The first-order valence-corrected chi connectivity index (χ1v) is 12.9. The van der Waals surface area contributed by atoms with Gasteiger partial charge in [0.15, 0.2) is 0 Å². The number of rotatable bonds is 8. The Morgan fingerprint density at radius 1 is 1.03 bits per heavy atom. The van der Waals surface area contributed by atoms with Crippen LogP contribution in [-0.4, -0.2) is 39.3 Å². The second-order valence-electron chi connectivity index (χ2n) is 8.80. The lowest BCUT2D eigenvalue weighted by Crippen LogP contribution is -2.26. The van der Waals surface area contributed by atoms with Gasteiger partial charge in [-0.1, -0.05) is 18.2 Å². The number of nitrogens with two attached hydrogens (primary N) is 2. The van der Waals surface area contributed by atoms with Gasteiger partial charge < -0.3 is 20.9 Å². The Kier molecular flexibility index (Phi) is 7.06. The van der Waals surface area contributed by atoms with Crippen LogP contribution in [0.3, 0.4) is 0 Å². The molecule has 5 aromatic rings. The third-order valence-electron chi connectivity index (χ3n) is 6.15. The molecule has 0 unspecified atom stereocenters. The summed E-state index contributed by atoms with van der Waals surface area (Å²) in [5.41, 5.74) is 14.4. The summed E-state index contributed by atoms with van der Waals surface area (Å²) < 4.78 is 1.74. The number of nitrogens with zero attached hydrogens (tertiary/aromatic N) is 4. The highest BCUT2D eigenvalue weighted by Gasteiger charge is 2.19. The number of fused-ring (bicyclic) bond motifs is 1. The van der Waals surface area contributed by atoms with Crippen molar-refractivity contribution < 1.29 is 14.4 Å². The molecule has 0 bridgehead atoms. The maximum Gasteiger partial charge on any atom is 0.268 e. The molecule has 5 N–H and O–H groups in total. The Hall–Kier alpha value is -5.03. The van der Waals surface area contributed by atoms with Gasteiger partial charge in [-0.3, -0.25) is 19.7 Å². The maximum absolute atomic E-state index is 13.2. The van der Waals surface area contributed by atoms with Crippen LogP contribution < -0.4 is 21.7 Å². The zero-order valence-electron chi connectivity index (χ0n) is 21.0. The van der Waals surface area contributed by atoms with Gasteiger partial charge in [0.05, 0.1) is 15.9 Å². The third-order valence-corrected chi connectivity index (χ3v) is 7.29. The molecule has 196 valence electrons. The second kappa shape index (κ2) is 10.8. The minimum Gasteiger partial charge on any atom is -0.384 e. The summed E-state index contributed by atoms with van der Waals surface area (Å²) in [5.74, 6) is -0.293. The van der Waals surface area contributed by atoms with Crippen molar-refractivity contribution in [3.05, 3.63) is 89.4 Å². The molecule has 0 saturated heterocycles. The van der Waals surface area contributed by atoms with Crippen molar-refractivity contribution in [1.29, 1.82) is 0 Å². The monoisotopic (exact) mass is 539 g/mol. The molecule has 0 atom stereocenters. The second-order valence-corrected chi connectivity index (χ2v) is 9.88. The predicted octanol–water partition coefficient (Wildman–Crippen LogP) is 4.15. The van der Waals surface area contributed by atoms with E-state index in [4.69, 9.17) is 11.5 Å². The van der Waals surface area contributed by atoms with E-state index in [-0.39, 0.29) is 30.7 Å². The summed E-state index contributed by atoms with van der Waals surface area (Å²) >= 11 is 1.31. The number of carbonyl (C=O) groups is 3. The molecule has 2 aromatic carbocycles. The molecule has 0 saturated carbocycles. The standard InChI is InChI=1S/C28H25N7O3S/c1-34(27(38)17-5-3-2-4-6-17)19-8-9-21-20(15-19)32-28(35(21)14-13-25(30)36)33-26(37)23-11-10-22(39-23)18-7-12-24(29)31-16-18/h2-12,15-16H,13-14H2,1H3,(H2,29,31)(H2,30,36)(H,32,33,37). The van der Waals surface area contributed by atoms with Crippen molar-refractivity contribution in [2.75, 3.05) is 23.0 Å². The fourth-order valence-corrected chi connectivity index (χ4v) is 4.98. The molecule has 3 amide bonds. The van der Waals surface area contributed by atoms with Crippen LogP contribution >= 0.6 is 11.3 Å². The van der Waals surface area contributed by atoms with Crippen molar-refractivity contribution in [3.63, 3.8) is 0 Å². The van der Waals surface area contributed by atoms with E-state index in [0.29, 0.717) is 33.0 Å². The Bertz CT molecular complexity index is 1680. The summed E-state index contributed by atoms with van der Waals surface area (Å²) in [6, 6.07) is 21.5. The van der Waals surface area contributed by atoms with Crippen LogP contribution in [0.1, 0.15) is 26.5 Å². The molecule has 3 heterocycles. The number of imidazole rings is 1. The number of hydrogen-bond donors (Lipinski definition) is 3. The van der Waals surface area contributed by atoms with Crippen LogP contribution in [0.4, 0.5) is 17.5 Å². The minimum absolute atomic E-state index is 0.0652. The van der Waals surface area contributed by atoms with Crippen LogP contribution in [0.2, 0.25) is 0 Å². The highest BCUT2D eigenvalue weighted by atomic mass is 32.1. The Morgan fingerprint density at radius 2 is 1.82 bits per heavy atom. The van der Waals surface area contributed by atoms with Crippen molar-refractivity contribution in [2.45, 2.75) is 13.0 Å². The van der Waals surface area contributed by atoms with E-state index >= 15 is 0 Å². The summed E-state index contributed by atoms with van der Waals surface area (Å²) in [6.07, 6.45) is 1.72. The summed E-state index contributed by atoms with van der Waals surface area (Å²) in [6.45, 7) is 0.229. The van der Waals surface area contributed by atoms with E-state index in [1.165, 1.54) is 16.2 Å². The largest absolute Gasteiger partial charge is 0.384 e. The fourth-order valence-electron chi connectivity index (χ4n) is 4.09. The topological polar surface area (TPSA) is 149 Å². The highest BCUT2D eigenvalue weighted by Crippen LogP contribution is 2.30. The van der Waals surface area contributed by atoms with Crippen LogP contribution in [-0.2, 0) is 11.3 Å². The van der Waals surface area contributed by atoms with E-state index in [1.54, 1.807) is 60.3 Å². The van der Waals surface area contributed by atoms with Crippen LogP contribution in [0.15, 0.2) is 79.0 Å². The third kappa shape index (κ3) is 5.48. The molecule has 39 heavy (non-hydrogen) atoms. The minimum atomic E-state index is -0.473. The smallest absolute Gasteiger partial charge is 0.268 e. The molecular weight excluding hydrogens is 514 g/mol. The quantitative estimate of drug-likeness (QED) is 0.270. The Morgan fingerprint density at radius 3 is 2.54 bits per heavy atom. The van der Waals surface area contributed by atoms with E-state index < -0.39 is 5.91 Å². The predicted molar refractivity (Wildman–Crippen MR) is 153 cm³/mol. The molecule has 0 fully saturated rings. The number of aryl methyl sites for hydroxylation is 1. The van der Waals surface area contributed by atoms with Gasteiger partial charge in [-0.25, -0.2) is 9.97 Å². The van der Waals surface area contributed by atoms with Crippen LogP contribution in [0, 0.1) is 0 Å². The fraction of sp³-hybridized carbons (Fsp3) is 0.107. The lowest BCUT2D eigenvalue weighted by Gasteiger charge is -2.17. The average Bonchev–Trinajstić information content (AvgIpc) is 3.56. The first-order valence-electron chi connectivity index (χ1n) is 12.0. The van der Waals surface area contributed by atoms with Gasteiger partial charge in [-0.2, -0.15) is 0 Å².